The number of ether oxygens (including phenoxy) is 1. The highest BCUT2D eigenvalue weighted by molar-refractivity contribution is 7.98. The molecule has 0 aromatic heterocycles. The number of benzene rings is 1. The third-order valence-corrected chi connectivity index (χ3v) is 3.62. The Hall–Kier alpha value is -0.960. The Labute approximate surface area is 108 Å². The van der Waals surface area contributed by atoms with Gasteiger partial charge < -0.3 is 4.74 Å². The van der Waals surface area contributed by atoms with Crippen LogP contribution in [0.25, 0.3) is 0 Å². The highest BCUT2D eigenvalue weighted by Crippen LogP contribution is 2.30. The summed E-state index contributed by atoms with van der Waals surface area (Å²) in [6, 6.07) is 2.06. The fraction of sp³-hybridized carbons (Fsp3) is 0.500. The van der Waals surface area contributed by atoms with Gasteiger partial charge in [0.15, 0.2) is 5.78 Å². The van der Waals surface area contributed by atoms with Gasteiger partial charge in [0.2, 0.25) is 0 Å². The van der Waals surface area contributed by atoms with Gasteiger partial charge in [-0.05, 0) is 43.7 Å². The minimum absolute atomic E-state index is 0.178. The van der Waals surface area contributed by atoms with Gasteiger partial charge in [-0.3, -0.25) is 4.79 Å². The van der Waals surface area contributed by atoms with Crippen LogP contribution in [0.15, 0.2) is 6.07 Å². The Morgan fingerprint density at radius 1 is 1.29 bits per heavy atom. The molecule has 0 unspecified atom stereocenters. The topological polar surface area (TPSA) is 26.3 Å². The fourth-order valence-corrected chi connectivity index (χ4v) is 2.36. The average molecular weight is 252 g/mol. The Morgan fingerprint density at radius 3 is 2.47 bits per heavy atom. The van der Waals surface area contributed by atoms with E-state index >= 15 is 0 Å². The summed E-state index contributed by atoms with van der Waals surface area (Å²) in [7, 11) is 1.63. The van der Waals surface area contributed by atoms with E-state index in [0.29, 0.717) is 6.42 Å². The Kier molecular flexibility index (Phi) is 5.06. The number of aryl methyl sites for hydroxylation is 2. The molecule has 1 rings (SSSR count). The van der Waals surface area contributed by atoms with Crippen LogP contribution in [0.2, 0.25) is 0 Å². The lowest BCUT2D eigenvalue weighted by molar-refractivity contribution is 0.0986. The summed E-state index contributed by atoms with van der Waals surface area (Å²) in [4.78, 5) is 12.2. The standard InChI is InChI=1S/C14H20O2S/c1-9-8-10(2)13(12(15)6-7-17-5)14(16-4)11(9)3/h8H,6-7H2,1-5H3. The molecule has 0 aliphatic heterocycles. The first-order valence-electron chi connectivity index (χ1n) is 5.69. The van der Waals surface area contributed by atoms with E-state index < -0.39 is 0 Å². The fourth-order valence-electron chi connectivity index (χ4n) is 1.97. The van der Waals surface area contributed by atoms with Crippen LogP contribution >= 0.6 is 11.8 Å². The predicted molar refractivity (Wildman–Crippen MR) is 74.5 cm³/mol. The van der Waals surface area contributed by atoms with Crippen molar-refractivity contribution >= 4 is 17.5 Å². The van der Waals surface area contributed by atoms with Crippen LogP contribution in [0.1, 0.15) is 33.5 Å². The van der Waals surface area contributed by atoms with Gasteiger partial charge in [0.1, 0.15) is 5.75 Å². The van der Waals surface area contributed by atoms with E-state index in [1.165, 1.54) is 5.56 Å². The van der Waals surface area contributed by atoms with Gasteiger partial charge in [0.25, 0.3) is 0 Å². The second kappa shape index (κ2) is 6.10. The third kappa shape index (κ3) is 3.03. The van der Waals surface area contributed by atoms with Crippen molar-refractivity contribution in [1.29, 1.82) is 0 Å². The lowest BCUT2D eigenvalue weighted by atomic mass is 9.95. The van der Waals surface area contributed by atoms with Crippen LogP contribution in [-0.2, 0) is 0 Å². The van der Waals surface area contributed by atoms with Crippen molar-refractivity contribution in [3.8, 4) is 5.75 Å². The maximum atomic E-state index is 12.2. The van der Waals surface area contributed by atoms with Crippen LogP contribution < -0.4 is 4.74 Å². The first kappa shape index (κ1) is 14.1. The first-order valence-corrected chi connectivity index (χ1v) is 7.09. The van der Waals surface area contributed by atoms with Gasteiger partial charge in [-0.1, -0.05) is 6.07 Å². The summed E-state index contributed by atoms with van der Waals surface area (Å²) in [5, 5.41) is 0. The molecule has 1 aromatic rings. The summed E-state index contributed by atoms with van der Waals surface area (Å²) in [5.41, 5.74) is 3.99. The SMILES string of the molecule is COc1c(C)c(C)cc(C)c1C(=O)CCSC. The van der Waals surface area contributed by atoms with E-state index in [4.69, 9.17) is 4.74 Å². The van der Waals surface area contributed by atoms with Crippen LogP contribution in [0.5, 0.6) is 5.75 Å². The molecule has 0 aliphatic rings. The quantitative estimate of drug-likeness (QED) is 0.750. The van der Waals surface area contributed by atoms with Gasteiger partial charge >= 0.3 is 0 Å². The molecule has 0 radical (unpaired) electrons. The Morgan fingerprint density at radius 2 is 1.94 bits per heavy atom. The molecule has 0 amide bonds. The van der Waals surface area contributed by atoms with Gasteiger partial charge in [-0.15, -0.1) is 0 Å². The molecular formula is C14H20O2S. The number of carbonyl (C=O) groups is 1. The predicted octanol–water partition coefficient (Wildman–Crippen LogP) is 3.56. The zero-order valence-corrected chi connectivity index (χ0v) is 12.0. The maximum Gasteiger partial charge on any atom is 0.167 e. The van der Waals surface area contributed by atoms with Crippen LogP contribution in [0, 0.1) is 20.8 Å². The summed E-state index contributed by atoms with van der Waals surface area (Å²) in [5.74, 6) is 1.78. The molecule has 0 bridgehead atoms. The molecule has 0 aliphatic carbocycles. The summed E-state index contributed by atoms with van der Waals surface area (Å²) in [6.45, 7) is 6.02. The number of methoxy groups -OCH3 is 1. The minimum Gasteiger partial charge on any atom is -0.496 e. The first-order chi connectivity index (χ1) is 8.02. The van der Waals surface area contributed by atoms with Crippen LogP contribution in [0.4, 0.5) is 0 Å². The van der Waals surface area contributed by atoms with Crippen molar-refractivity contribution in [2.24, 2.45) is 0 Å². The number of rotatable bonds is 5. The molecule has 3 heteroatoms. The monoisotopic (exact) mass is 252 g/mol. The lowest BCUT2D eigenvalue weighted by Gasteiger charge is -2.15. The third-order valence-electron chi connectivity index (χ3n) is 3.00. The molecule has 0 heterocycles. The highest BCUT2D eigenvalue weighted by Gasteiger charge is 2.18. The van der Waals surface area contributed by atoms with Crippen molar-refractivity contribution in [3.63, 3.8) is 0 Å². The molecule has 0 saturated carbocycles. The number of Topliss-reactive ketones (excluding diaryl/α,β-unsaturated/α-hetero) is 1. The zero-order chi connectivity index (χ0) is 13.0. The van der Waals surface area contributed by atoms with Crippen LogP contribution in [0.3, 0.4) is 0 Å². The molecule has 0 N–H and O–H groups in total. The molecule has 0 saturated heterocycles. The molecule has 0 fully saturated rings. The van der Waals surface area contributed by atoms with Gasteiger partial charge in [0, 0.05) is 12.2 Å². The van der Waals surface area contributed by atoms with E-state index in [-0.39, 0.29) is 5.78 Å². The van der Waals surface area contributed by atoms with Crippen molar-refractivity contribution in [1.82, 2.24) is 0 Å². The normalized spacial score (nSPS) is 10.4. The second-order valence-corrected chi connectivity index (χ2v) is 5.20. The average Bonchev–Trinajstić information content (AvgIpc) is 2.30. The highest BCUT2D eigenvalue weighted by atomic mass is 32.2. The largest absolute Gasteiger partial charge is 0.496 e. The summed E-state index contributed by atoms with van der Waals surface area (Å²) >= 11 is 1.69. The van der Waals surface area contributed by atoms with Gasteiger partial charge in [-0.2, -0.15) is 11.8 Å². The maximum absolute atomic E-state index is 12.2. The van der Waals surface area contributed by atoms with E-state index in [1.54, 1.807) is 18.9 Å². The van der Waals surface area contributed by atoms with Crippen molar-refractivity contribution in [2.75, 3.05) is 19.1 Å². The molecule has 2 nitrogen and oxygen atoms in total. The molecular weight excluding hydrogens is 232 g/mol. The molecule has 0 atom stereocenters. The van der Waals surface area contributed by atoms with E-state index in [1.807, 2.05) is 27.0 Å². The summed E-state index contributed by atoms with van der Waals surface area (Å²) < 4.78 is 5.41. The zero-order valence-electron chi connectivity index (χ0n) is 11.2. The second-order valence-electron chi connectivity index (χ2n) is 4.21. The Balaban J connectivity index is 3.22. The van der Waals surface area contributed by atoms with Crippen molar-refractivity contribution in [3.05, 3.63) is 28.3 Å². The van der Waals surface area contributed by atoms with Crippen molar-refractivity contribution < 1.29 is 9.53 Å². The number of hydrogen-bond acceptors (Lipinski definition) is 3. The minimum atomic E-state index is 0.178. The number of thioether (sulfide) groups is 1. The molecule has 1 aromatic carbocycles. The number of ketones is 1. The Bertz CT molecular complexity index is 425. The van der Waals surface area contributed by atoms with E-state index in [9.17, 15) is 4.79 Å². The summed E-state index contributed by atoms with van der Waals surface area (Å²) in [6.07, 6.45) is 2.58. The van der Waals surface area contributed by atoms with Crippen molar-refractivity contribution in [2.45, 2.75) is 27.2 Å². The smallest absolute Gasteiger partial charge is 0.167 e. The van der Waals surface area contributed by atoms with Gasteiger partial charge in [0.05, 0.1) is 12.7 Å². The van der Waals surface area contributed by atoms with E-state index in [2.05, 4.69) is 6.07 Å². The molecule has 0 spiro atoms. The lowest BCUT2D eigenvalue weighted by Crippen LogP contribution is -2.08. The van der Waals surface area contributed by atoms with E-state index in [0.717, 1.165) is 28.2 Å². The number of carbonyl (C=O) groups excluding carboxylic acids is 1. The van der Waals surface area contributed by atoms with Crippen LogP contribution in [-0.4, -0.2) is 24.9 Å². The molecule has 17 heavy (non-hydrogen) atoms. The van der Waals surface area contributed by atoms with Gasteiger partial charge in [-0.25, -0.2) is 0 Å². The molecule has 94 valence electrons. The number of hydrogen-bond donors (Lipinski definition) is 0.